The number of benzene rings is 2. The number of ether oxygens (including phenoxy) is 2. The third kappa shape index (κ3) is 6.79. The molecule has 10 heteroatoms. The second-order valence-corrected chi connectivity index (χ2v) is 8.83. The molecule has 0 aliphatic heterocycles. The molecule has 2 heterocycles. The van der Waals surface area contributed by atoms with E-state index in [1.165, 1.54) is 23.9 Å². The summed E-state index contributed by atoms with van der Waals surface area (Å²) in [5.41, 5.74) is 2.85. The van der Waals surface area contributed by atoms with Gasteiger partial charge in [0.15, 0.2) is 5.16 Å². The summed E-state index contributed by atoms with van der Waals surface area (Å²) in [6.07, 6.45) is 5.25. The van der Waals surface area contributed by atoms with Crippen molar-refractivity contribution in [2.75, 3.05) is 13.2 Å². The van der Waals surface area contributed by atoms with E-state index in [1.807, 2.05) is 6.92 Å². The molecule has 0 fully saturated rings. The van der Waals surface area contributed by atoms with Crippen LogP contribution in [0.15, 0.2) is 77.1 Å². The van der Waals surface area contributed by atoms with Crippen LogP contribution in [0.2, 0.25) is 0 Å². The normalized spacial score (nSPS) is 10.8. The number of aromatic nitrogens is 4. The van der Waals surface area contributed by atoms with Gasteiger partial charge < -0.3 is 9.47 Å². The molecule has 0 aliphatic rings. The van der Waals surface area contributed by atoms with E-state index in [-0.39, 0.29) is 30.4 Å². The van der Waals surface area contributed by atoms with Gasteiger partial charge in [-0.25, -0.2) is 19.2 Å². The van der Waals surface area contributed by atoms with Crippen LogP contribution in [0, 0.1) is 5.82 Å². The molecular formula is C27H25FN4O4S. The highest BCUT2D eigenvalue weighted by molar-refractivity contribution is 7.98. The van der Waals surface area contributed by atoms with Crippen molar-refractivity contribution in [2.24, 2.45) is 0 Å². The fourth-order valence-electron chi connectivity index (χ4n) is 3.45. The minimum Gasteiger partial charge on any atom is -0.464 e. The van der Waals surface area contributed by atoms with Gasteiger partial charge in [0.05, 0.1) is 18.8 Å². The van der Waals surface area contributed by atoms with Crippen molar-refractivity contribution in [2.45, 2.75) is 31.2 Å². The van der Waals surface area contributed by atoms with Crippen LogP contribution in [-0.2, 0) is 16.9 Å². The van der Waals surface area contributed by atoms with Crippen LogP contribution in [0.4, 0.5) is 4.39 Å². The smallest absolute Gasteiger partial charge is 0.338 e. The third-order valence-electron chi connectivity index (χ3n) is 5.25. The number of nitrogens with zero attached hydrogens (tertiary/aromatic N) is 4. The molecule has 0 saturated carbocycles. The van der Waals surface area contributed by atoms with E-state index in [4.69, 9.17) is 9.47 Å². The maximum Gasteiger partial charge on any atom is 0.338 e. The van der Waals surface area contributed by atoms with E-state index >= 15 is 0 Å². The van der Waals surface area contributed by atoms with Gasteiger partial charge in [-0.3, -0.25) is 9.36 Å². The van der Waals surface area contributed by atoms with Gasteiger partial charge in [-0.2, -0.15) is 4.98 Å². The lowest BCUT2D eigenvalue weighted by molar-refractivity contribution is 0.0526. The standard InChI is InChI=1S/C27H25FN4O4S/c1-3-35-25(34)20-7-11-23(12-8-20)32-16-21(13-19-14-29-26(30-15-19)36-4-2)24(33)31-27(32)37-17-18-5-9-22(28)10-6-18/h5-12,14-16H,3-4,13,17H2,1-2H3. The molecule has 0 atom stereocenters. The fourth-order valence-corrected chi connectivity index (χ4v) is 4.38. The van der Waals surface area contributed by atoms with Crippen LogP contribution in [0.25, 0.3) is 5.69 Å². The monoisotopic (exact) mass is 520 g/mol. The van der Waals surface area contributed by atoms with Crippen LogP contribution < -0.4 is 10.3 Å². The van der Waals surface area contributed by atoms with Gasteiger partial charge in [0.2, 0.25) is 0 Å². The van der Waals surface area contributed by atoms with E-state index in [0.717, 1.165) is 11.1 Å². The number of carbonyl (C=O) groups excluding carboxylic acids is 1. The van der Waals surface area contributed by atoms with E-state index in [2.05, 4.69) is 15.0 Å². The average molecular weight is 521 g/mol. The molecule has 0 amide bonds. The zero-order chi connectivity index (χ0) is 26.2. The zero-order valence-corrected chi connectivity index (χ0v) is 21.2. The lowest BCUT2D eigenvalue weighted by Crippen LogP contribution is -2.19. The average Bonchev–Trinajstić information content (AvgIpc) is 2.91. The summed E-state index contributed by atoms with van der Waals surface area (Å²) in [4.78, 5) is 37.7. The van der Waals surface area contributed by atoms with E-state index in [9.17, 15) is 14.0 Å². The first-order valence-electron chi connectivity index (χ1n) is 11.7. The zero-order valence-electron chi connectivity index (χ0n) is 20.4. The van der Waals surface area contributed by atoms with Gasteiger partial charge in [-0.15, -0.1) is 0 Å². The number of thioether (sulfide) groups is 1. The Morgan fingerprint density at radius 1 is 0.973 bits per heavy atom. The number of esters is 1. The van der Waals surface area contributed by atoms with Crippen LogP contribution in [-0.4, -0.2) is 38.7 Å². The summed E-state index contributed by atoms with van der Waals surface area (Å²) >= 11 is 1.35. The van der Waals surface area contributed by atoms with Crippen molar-refractivity contribution in [3.05, 3.63) is 106 Å². The van der Waals surface area contributed by atoms with Gasteiger partial charge in [-0.1, -0.05) is 23.9 Å². The Labute approximate surface area is 217 Å². The second kappa shape index (κ2) is 12.3. The largest absolute Gasteiger partial charge is 0.464 e. The van der Waals surface area contributed by atoms with Crippen molar-refractivity contribution < 1.29 is 18.7 Å². The number of rotatable bonds is 10. The topological polar surface area (TPSA) is 96.2 Å². The van der Waals surface area contributed by atoms with E-state index in [0.29, 0.717) is 34.3 Å². The second-order valence-electron chi connectivity index (χ2n) is 7.89. The molecule has 0 N–H and O–H groups in total. The molecule has 0 aliphatic carbocycles. The van der Waals surface area contributed by atoms with Gasteiger partial charge in [0.25, 0.3) is 5.56 Å². The number of hydrogen-bond donors (Lipinski definition) is 0. The molecule has 0 radical (unpaired) electrons. The number of hydrogen-bond acceptors (Lipinski definition) is 8. The van der Waals surface area contributed by atoms with Gasteiger partial charge in [0, 0.05) is 42.0 Å². The van der Waals surface area contributed by atoms with Crippen molar-refractivity contribution in [1.29, 1.82) is 0 Å². The SMILES string of the molecule is CCOC(=O)c1ccc(-n2cc(Cc3cnc(OCC)nc3)c(=O)nc2SCc2ccc(F)cc2)cc1. The lowest BCUT2D eigenvalue weighted by Gasteiger charge is -2.14. The summed E-state index contributed by atoms with van der Waals surface area (Å²) in [5, 5.41) is 0.463. The summed E-state index contributed by atoms with van der Waals surface area (Å²) in [6.45, 7) is 4.34. The number of halogens is 1. The minimum atomic E-state index is -0.408. The summed E-state index contributed by atoms with van der Waals surface area (Å²) in [5.74, 6) is -0.234. The molecule has 8 nitrogen and oxygen atoms in total. The number of carbonyl (C=O) groups is 1. The highest BCUT2D eigenvalue weighted by atomic mass is 32.2. The molecule has 0 saturated heterocycles. The predicted octanol–water partition coefficient (Wildman–Crippen LogP) is 4.62. The highest BCUT2D eigenvalue weighted by Crippen LogP contribution is 2.24. The van der Waals surface area contributed by atoms with Gasteiger partial charge >= 0.3 is 12.0 Å². The van der Waals surface area contributed by atoms with E-state index < -0.39 is 5.97 Å². The van der Waals surface area contributed by atoms with Gasteiger partial charge in [0.1, 0.15) is 5.82 Å². The molecule has 0 bridgehead atoms. The summed E-state index contributed by atoms with van der Waals surface area (Å²) in [7, 11) is 0. The fraction of sp³-hybridized carbons (Fsp3) is 0.222. The van der Waals surface area contributed by atoms with E-state index in [1.54, 1.807) is 66.5 Å². The Balaban J connectivity index is 1.66. The summed E-state index contributed by atoms with van der Waals surface area (Å²) < 4.78 is 25.4. The van der Waals surface area contributed by atoms with Crippen LogP contribution >= 0.6 is 11.8 Å². The highest BCUT2D eigenvalue weighted by Gasteiger charge is 2.14. The quantitative estimate of drug-likeness (QED) is 0.170. The van der Waals surface area contributed by atoms with Crippen LogP contribution in [0.1, 0.15) is 40.9 Å². The molecule has 190 valence electrons. The Bertz CT molecular complexity index is 1410. The van der Waals surface area contributed by atoms with Crippen molar-refractivity contribution >= 4 is 17.7 Å². The maximum atomic E-state index is 13.3. The van der Waals surface area contributed by atoms with Crippen molar-refractivity contribution in [3.8, 4) is 11.7 Å². The molecule has 4 rings (SSSR count). The first kappa shape index (κ1) is 26.0. The molecule has 0 spiro atoms. The minimum absolute atomic E-state index is 0.274. The first-order chi connectivity index (χ1) is 18.0. The molecule has 0 unspecified atom stereocenters. The summed E-state index contributed by atoms with van der Waals surface area (Å²) in [6, 6.07) is 13.3. The maximum absolute atomic E-state index is 13.3. The Morgan fingerprint density at radius 3 is 2.32 bits per heavy atom. The van der Waals surface area contributed by atoms with Crippen LogP contribution in [0.5, 0.6) is 6.01 Å². The lowest BCUT2D eigenvalue weighted by atomic mass is 10.1. The van der Waals surface area contributed by atoms with Crippen molar-refractivity contribution in [3.63, 3.8) is 0 Å². The van der Waals surface area contributed by atoms with Gasteiger partial charge in [-0.05, 0) is 61.4 Å². The van der Waals surface area contributed by atoms with Crippen molar-refractivity contribution in [1.82, 2.24) is 19.5 Å². The Kier molecular flexibility index (Phi) is 8.63. The predicted molar refractivity (Wildman–Crippen MR) is 138 cm³/mol. The molecule has 2 aromatic heterocycles. The molecular weight excluding hydrogens is 495 g/mol. The molecule has 4 aromatic rings. The van der Waals surface area contributed by atoms with Crippen LogP contribution in [0.3, 0.4) is 0 Å². The molecule has 37 heavy (non-hydrogen) atoms. The molecule has 2 aromatic carbocycles. The first-order valence-corrected chi connectivity index (χ1v) is 12.7. The third-order valence-corrected chi connectivity index (χ3v) is 6.27. The Morgan fingerprint density at radius 2 is 1.68 bits per heavy atom. The Hall–Kier alpha value is -4.05.